The third kappa shape index (κ3) is 7.85. The third-order valence-corrected chi connectivity index (χ3v) is 8.37. The van der Waals surface area contributed by atoms with Gasteiger partial charge in [0, 0.05) is 6.54 Å². The quantitative estimate of drug-likeness (QED) is 0.214. The number of likely N-dealkylation sites (N-methyl/N-ethyl adjacent to an activating group) is 1. The van der Waals surface area contributed by atoms with E-state index in [2.05, 4.69) is 11.3 Å². The summed E-state index contributed by atoms with van der Waals surface area (Å²) in [7, 11) is -2.37. The Morgan fingerprint density at radius 2 is 1.68 bits per heavy atom. The van der Waals surface area contributed by atoms with E-state index in [9.17, 15) is 13.2 Å². The molecule has 9 heteroatoms. The van der Waals surface area contributed by atoms with Crippen molar-refractivity contribution in [1.29, 1.82) is 0 Å². The number of thioether (sulfide) groups is 1. The Balaban J connectivity index is 1.73. The number of sulfonamides is 1. The third-order valence-electron chi connectivity index (χ3n) is 5.96. The number of hydrogen-bond donors (Lipinski definition) is 0. The summed E-state index contributed by atoms with van der Waals surface area (Å²) in [6.07, 6.45) is 8.85. The van der Waals surface area contributed by atoms with Crippen molar-refractivity contribution in [3.8, 4) is 11.5 Å². The summed E-state index contributed by atoms with van der Waals surface area (Å²) in [6, 6.07) is 12.0. The van der Waals surface area contributed by atoms with Gasteiger partial charge in [0.05, 0.1) is 23.5 Å². The molecule has 1 aliphatic heterocycles. The van der Waals surface area contributed by atoms with E-state index in [0.717, 1.165) is 35.7 Å². The minimum Gasteiger partial charge on any atom is -0.493 e. The predicted octanol–water partition coefficient (Wildman–Crippen LogP) is 6.42. The van der Waals surface area contributed by atoms with Crippen molar-refractivity contribution in [2.75, 3.05) is 20.3 Å². The molecular formula is C28H36N2O5S2. The van der Waals surface area contributed by atoms with E-state index >= 15 is 0 Å². The van der Waals surface area contributed by atoms with E-state index in [1.807, 2.05) is 25.1 Å². The molecule has 1 saturated heterocycles. The van der Waals surface area contributed by atoms with Gasteiger partial charge in [-0.25, -0.2) is 0 Å². The van der Waals surface area contributed by atoms with Crippen LogP contribution in [-0.4, -0.2) is 44.7 Å². The zero-order valence-corrected chi connectivity index (χ0v) is 23.7. The molecule has 0 bridgehead atoms. The molecule has 2 aromatic carbocycles. The Hall–Kier alpha value is -2.78. The maximum absolute atomic E-state index is 13.0. The number of unbranched alkanes of at least 4 members (excludes halogenated alkanes) is 5. The molecule has 1 amide bonds. The molecule has 0 unspecified atom stereocenters. The van der Waals surface area contributed by atoms with Crippen molar-refractivity contribution in [2.24, 2.45) is 4.40 Å². The van der Waals surface area contributed by atoms with Gasteiger partial charge in [-0.15, -0.1) is 4.40 Å². The van der Waals surface area contributed by atoms with Crippen molar-refractivity contribution in [3.05, 3.63) is 58.5 Å². The smallest absolute Gasteiger partial charge is 0.284 e. The van der Waals surface area contributed by atoms with Crippen LogP contribution in [-0.2, 0) is 14.8 Å². The topological polar surface area (TPSA) is 85.3 Å². The van der Waals surface area contributed by atoms with Gasteiger partial charge in [-0.3, -0.25) is 9.69 Å². The highest BCUT2D eigenvalue weighted by atomic mass is 32.2. The molecule has 1 heterocycles. The van der Waals surface area contributed by atoms with E-state index < -0.39 is 10.0 Å². The molecule has 0 aromatic heterocycles. The SMILES string of the molecule is CCCCCCCCOc1ccc(/C=C2\S/C(=N/S(=O)(=O)c3ccc(C)cc3)N(CC)C2=O)cc1OC. The van der Waals surface area contributed by atoms with Crippen LogP contribution in [0.15, 0.2) is 56.7 Å². The van der Waals surface area contributed by atoms with Gasteiger partial charge >= 0.3 is 0 Å². The maximum Gasteiger partial charge on any atom is 0.284 e. The molecule has 0 atom stereocenters. The van der Waals surface area contributed by atoms with Crippen molar-refractivity contribution in [2.45, 2.75) is 64.2 Å². The van der Waals surface area contributed by atoms with Crippen LogP contribution in [0, 0.1) is 6.92 Å². The number of aryl methyl sites for hydroxylation is 1. The number of carbonyl (C=O) groups is 1. The zero-order chi connectivity index (χ0) is 26.8. The van der Waals surface area contributed by atoms with Crippen LogP contribution < -0.4 is 9.47 Å². The van der Waals surface area contributed by atoms with Crippen LogP contribution in [0.5, 0.6) is 11.5 Å². The first-order valence-electron chi connectivity index (χ1n) is 12.7. The van der Waals surface area contributed by atoms with Gasteiger partial charge in [0.25, 0.3) is 15.9 Å². The lowest BCUT2D eigenvalue weighted by Crippen LogP contribution is -2.29. The average Bonchev–Trinajstić information content (AvgIpc) is 3.16. The Morgan fingerprint density at radius 1 is 0.973 bits per heavy atom. The van der Waals surface area contributed by atoms with Crippen LogP contribution in [0.2, 0.25) is 0 Å². The first-order valence-corrected chi connectivity index (χ1v) is 15.0. The van der Waals surface area contributed by atoms with E-state index in [4.69, 9.17) is 9.47 Å². The number of rotatable bonds is 13. The lowest BCUT2D eigenvalue weighted by Gasteiger charge is -2.12. The molecule has 200 valence electrons. The van der Waals surface area contributed by atoms with Crippen molar-refractivity contribution >= 4 is 38.9 Å². The van der Waals surface area contributed by atoms with Crippen LogP contribution in [0.1, 0.15) is 63.5 Å². The summed E-state index contributed by atoms with van der Waals surface area (Å²) in [5.41, 5.74) is 1.70. The van der Waals surface area contributed by atoms with Gasteiger partial charge in [0.1, 0.15) is 0 Å². The first-order chi connectivity index (χ1) is 17.8. The number of amidine groups is 1. The summed E-state index contributed by atoms with van der Waals surface area (Å²) >= 11 is 1.05. The van der Waals surface area contributed by atoms with E-state index in [1.54, 1.807) is 32.2 Å². The highest BCUT2D eigenvalue weighted by Gasteiger charge is 2.34. The summed E-state index contributed by atoms with van der Waals surface area (Å²) in [4.78, 5) is 14.9. The monoisotopic (exact) mass is 544 g/mol. The van der Waals surface area contributed by atoms with Gasteiger partial charge in [0.15, 0.2) is 16.7 Å². The van der Waals surface area contributed by atoms with Crippen LogP contribution in [0.4, 0.5) is 0 Å². The number of methoxy groups -OCH3 is 1. The number of hydrogen-bond acceptors (Lipinski definition) is 6. The largest absolute Gasteiger partial charge is 0.493 e. The highest BCUT2D eigenvalue weighted by Crippen LogP contribution is 2.35. The normalized spacial score (nSPS) is 16.1. The van der Waals surface area contributed by atoms with Crippen LogP contribution in [0.3, 0.4) is 0 Å². The fourth-order valence-corrected chi connectivity index (χ4v) is 6.07. The number of nitrogens with zero attached hydrogens (tertiary/aromatic N) is 2. The molecule has 2 aromatic rings. The summed E-state index contributed by atoms with van der Waals surface area (Å²) in [5.74, 6) is 0.955. The van der Waals surface area contributed by atoms with Gasteiger partial charge in [-0.05, 0) is 67.9 Å². The fraction of sp³-hybridized carbons (Fsp3) is 0.429. The zero-order valence-electron chi connectivity index (χ0n) is 22.0. The second-order valence-electron chi connectivity index (χ2n) is 8.85. The molecule has 3 rings (SSSR count). The van der Waals surface area contributed by atoms with E-state index in [0.29, 0.717) is 29.6 Å². The Bertz CT molecular complexity index is 1240. The molecule has 0 aliphatic carbocycles. The van der Waals surface area contributed by atoms with Crippen molar-refractivity contribution < 1.29 is 22.7 Å². The summed E-state index contributed by atoms with van der Waals surface area (Å²) in [5, 5.41) is 0.144. The molecule has 0 radical (unpaired) electrons. The maximum atomic E-state index is 13.0. The van der Waals surface area contributed by atoms with Crippen LogP contribution >= 0.6 is 11.8 Å². The summed E-state index contributed by atoms with van der Waals surface area (Å²) in [6.45, 7) is 6.80. The molecular weight excluding hydrogens is 508 g/mol. The number of amides is 1. The molecule has 1 fully saturated rings. The van der Waals surface area contributed by atoms with Gasteiger partial charge in [-0.1, -0.05) is 62.8 Å². The average molecular weight is 545 g/mol. The molecule has 37 heavy (non-hydrogen) atoms. The predicted molar refractivity (Wildman–Crippen MR) is 151 cm³/mol. The minimum atomic E-state index is -3.95. The van der Waals surface area contributed by atoms with Gasteiger partial charge in [-0.2, -0.15) is 8.42 Å². The minimum absolute atomic E-state index is 0.0911. The number of carbonyl (C=O) groups excluding carboxylic acids is 1. The lowest BCUT2D eigenvalue weighted by molar-refractivity contribution is -0.122. The lowest BCUT2D eigenvalue weighted by atomic mass is 10.1. The molecule has 0 saturated carbocycles. The molecule has 1 aliphatic rings. The van der Waals surface area contributed by atoms with E-state index in [-0.39, 0.29) is 16.0 Å². The number of ether oxygens (including phenoxy) is 2. The fourth-order valence-electron chi connectivity index (χ4n) is 3.83. The molecule has 7 nitrogen and oxygen atoms in total. The first kappa shape index (κ1) is 28.8. The molecule has 0 spiro atoms. The van der Waals surface area contributed by atoms with Gasteiger partial charge < -0.3 is 9.47 Å². The second-order valence-corrected chi connectivity index (χ2v) is 11.5. The van der Waals surface area contributed by atoms with Crippen LogP contribution in [0.25, 0.3) is 6.08 Å². The van der Waals surface area contributed by atoms with Crippen molar-refractivity contribution in [1.82, 2.24) is 4.90 Å². The Kier molecular flexibility index (Phi) is 10.6. The van der Waals surface area contributed by atoms with Crippen molar-refractivity contribution in [3.63, 3.8) is 0 Å². The van der Waals surface area contributed by atoms with Gasteiger partial charge in [0.2, 0.25) is 0 Å². The van der Waals surface area contributed by atoms with E-state index in [1.165, 1.54) is 42.7 Å². The Labute approximate surface area is 225 Å². The Morgan fingerprint density at radius 3 is 2.35 bits per heavy atom. The standard InChI is InChI=1S/C28H36N2O5S2/c1-5-7-8-9-10-11-18-35-24-17-14-22(19-25(24)34-4)20-26-27(31)30(6-2)28(36-26)29-37(32,33)23-15-12-21(3)13-16-23/h12-17,19-20H,5-11,18H2,1-4H3/b26-20-,29-28+. The second kappa shape index (κ2) is 13.7. The molecule has 0 N–H and O–H groups in total. The summed E-state index contributed by atoms with van der Waals surface area (Å²) < 4.78 is 41.1. The number of benzene rings is 2. The highest BCUT2D eigenvalue weighted by molar-refractivity contribution is 8.19.